The molecule has 2 N–H and O–H groups in total. The van der Waals surface area contributed by atoms with Gasteiger partial charge in [-0.1, -0.05) is 11.6 Å². The predicted molar refractivity (Wildman–Crippen MR) is 78.2 cm³/mol. The molecule has 0 spiro atoms. The Hall–Kier alpha value is -1.60. The fourth-order valence-electron chi connectivity index (χ4n) is 2.23. The van der Waals surface area contributed by atoms with E-state index >= 15 is 0 Å². The number of piperidine rings is 1. The smallest absolute Gasteiger partial charge is 0.348 e. The van der Waals surface area contributed by atoms with Crippen LogP contribution in [0.4, 0.5) is 0 Å². The molecule has 1 aromatic heterocycles. The molecule has 1 atom stereocenters. The summed E-state index contributed by atoms with van der Waals surface area (Å²) in [4.78, 5) is 36.9. The number of ether oxygens (including phenoxy) is 1. The zero-order valence-electron chi connectivity index (χ0n) is 11.2. The Morgan fingerprint density at radius 3 is 2.76 bits per heavy atom. The third-order valence-corrected chi connectivity index (χ3v) is 4.46. The van der Waals surface area contributed by atoms with Crippen molar-refractivity contribution in [3.8, 4) is 0 Å². The van der Waals surface area contributed by atoms with Crippen LogP contribution in [-0.2, 0) is 14.3 Å². The average molecular weight is 331 g/mol. The summed E-state index contributed by atoms with van der Waals surface area (Å²) in [5.41, 5.74) is 5.29. The van der Waals surface area contributed by atoms with Crippen molar-refractivity contribution in [2.45, 2.75) is 25.3 Å². The predicted octanol–water partition coefficient (Wildman–Crippen LogP) is 1.42. The molecule has 0 unspecified atom stereocenters. The van der Waals surface area contributed by atoms with Crippen molar-refractivity contribution in [1.82, 2.24) is 4.90 Å². The Morgan fingerprint density at radius 1 is 1.38 bits per heavy atom. The van der Waals surface area contributed by atoms with Gasteiger partial charge in [0.2, 0.25) is 5.91 Å². The third-order valence-electron chi connectivity index (χ3n) is 3.25. The van der Waals surface area contributed by atoms with Crippen molar-refractivity contribution < 1.29 is 19.1 Å². The lowest BCUT2D eigenvalue weighted by molar-refractivity contribution is -0.143. The van der Waals surface area contributed by atoms with Crippen LogP contribution >= 0.6 is 22.9 Å². The van der Waals surface area contributed by atoms with Crippen LogP contribution in [0.2, 0.25) is 4.34 Å². The molecule has 1 aliphatic rings. The number of nitrogens with zero attached hydrogens (tertiary/aromatic N) is 1. The van der Waals surface area contributed by atoms with E-state index in [4.69, 9.17) is 22.1 Å². The number of amides is 2. The molecule has 0 bridgehead atoms. The van der Waals surface area contributed by atoms with Crippen molar-refractivity contribution in [3.63, 3.8) is 0 Å². The molecule has 0 saturated carbocycles. The van der Waals surface area contributed by atoms with Crippen molar-refractivity contribution in [2.24, 2.45) is 5.73 Å². The Labute approximate surface area is 130 Å². The van der Waals surface area contributed by atoms with Gasteiger partial charge in [0.15, 0.2) is 6.61 Å². The number of nitrogens with two attached hydrogens (primary N) is 1. The van der Waals surface area contributed by atoms with E-state index < -0.39 is 30.4 Å². The largest absolute Gasteiger partial charge is 0.451 e. The van der Waals surface area contributed by atoms with Gasteiger partial charge in [-0.3, -0.25) is 9.59 Å². The topological polar surface area (TPSA) is 89.7 Å². The SMILES string of the molecule is NC(=O)[C@H]1CCCCN1C(=O)COC(=O)c1ccc(Cl)s1. The van der Waals surface area contributed by atoms with Gasteiger partial charge in [-0.05, 0) is 31.4 Å². The number of carbonyl (C=O) groups is 3. The number of halogens is 1. The second kappa shape index (κ2) is 6.91. The number of carbonyl (C=O) groups excluding carboxylic acids is 3. The van der Waals surface area contributed by atoms with Crippen LogP contribution in [0.5, 0.6) is 0 Å². The van der Waals surface area contributed by atoms with Gasteiger partial charge in [0, 0.05) is 6.54 Å². The molecular weight excluding hydrogens is 316 g/mol. The average Bonchev–Trinajstić information content (AvgIpc) is 2.91. The minimum atomic E-state index is -0.610. The number of likely N-dealkylation sites (tertiary alicyclic amines) is 1. The van der Waals surface area contributed by atoms with Crippen LogP contribution in [-0.4, -0.2) is 41.9 Å². The first-order valence-corrected chi connectivity index (χ1v) is 7.69. The van der Waals surface area contributed by atoms with E-state index in [1.54, 1.807) is 6.07 Å². The normalized spacial score (nSPS) is 18.3. The van der Waals surface area contributed by atoms with E-state index in [0.29, 0.717) is 22.2 Å². The number of thiophene rings is 1. The monoisotopic (exact) mass is 330 g/mol. The number of primary amides is 1. The van der Waals surface area contributed by atoms with Crippen LogP contribution in [0.15, 0.2) is 12.1 Å². The molecule has 0 radical (unpaired) electrons. The summed E-state index contributed by atoms with van der Waals surface area (Å²) in [5, 5.41) is 0. The number of rotatable bonds is 4. The van der Waals surface area contributed by atoms with Crippen LogP contribution in [0.1, 0.15) is 28.9 Å². The van der Waals surface area contributed by atoms with Gasteiger partial charge in [0.1, 0.15) is 10.9 Å². The van der Waals surface area contributed by atoms with E-state index in [2.05, 4.69) is 0 Å². The lowest BCUT2D eigenvalue weighted by atomic mass is 10.0. The first kappa shape index (κ1) is 15.8. The Bertz CT molecular complexity index is 560. The van der Waals surface area contributed by atoms with Gasteiger partial charge < -0.3 is 15.4 Å². The molecule has 21 heavy (non-hydrogen) atoms. The number of esters is 1. The maximum Gasteiger partial charge on any atom is 0.348 e. The summed E-state index contributed by atoms with van der Waals surface area (Å²) in [6.07, 6.45) is 2.21. The lowest BCUT2D eigenvalue weighted by Crippen LogP contribution is -2.51. The lowest BCUT2D eigenvalue weighted by Gasteiger charge is -2.33. The maximum atomic E-state index is 12.1. The second-order valence-corrected chi connectivity index (χ2v) is 6.40. The van der Waals surface area contributed by atoms with E-state index in [-0.39, 0.29) is 0 Å². The molecule has 2 heterocycles. The van der Waals surface area contributed by atoms with Crippen LogP contribution < -0.4 is 5.73 Å². The van der Waals surface area contributed by atoms with Gasteiger partial charge in [-0.2, -0.15) is 0 Å². The molecule has 0 aliphatic carbocycles. The summed E-state index contributed by atoms with van der Waals surface area (Å²) in [6, 6.07) is 2.51. The van der Waals surface area contributed by atoms with Gasteiger partial charge in [0.05, 0.1) is 4.34 Å². The highest BCUT2D eigenvalue weighted by Gasteiger charge is 2.31. The third kappa shape index (κ3) is 3.95. The van der Waals surface area contributed by atoms with Gasteiger partial charge in [-0.15, -0.1) is 11.3 Å². The van der Waals surface area contributed by atoms with Gasteiger partial charge in [-0.25, -0.2) is 4.79 Å². The molecular formula is C13H15ClN2O4S. The molecule has 1 fully saturated rings. The second-order valence-electron chi connectivity index (χ2n) is 4.68. The zero-order chi connectivity index (χ0) is 15.4. The first-order valence-electron chi connectivity index (χ1n) is 6.50. The van der Waals surface area contributed by atoms with E-state index in [9.17, 15) is 14.4 Å². The Balaban J connectivity index is 1.91. The summed E-state index contributed by atoms with van der Waals surface area (Å²) in [6.45, 7) is 0.0486. The fourth-order valence-corrected chi connectivity index (χ4v) is 3.17. The van der Waals surface area contributed by atoms with E-state index in [1.807, 2.05) is 0 Å². The van der Waals surface area contributed by atoms with E-state index in [1.165, 1.54) is 11.0 Å². The Morgan fingerprint density at radius 2 is 2.14 bits per heavy atom. The molecule has 114 valence electrons. The highest BCUT2D eigenvalue weighted by atomic mass is 35.5. The van der Waals surface area contributed by atoms with Gasteiger partial charge >= 0.3 is 5.97 Å². The van der Waals surface area contributed by atoms with Crippen LogP contribution in [0.25, 0.3) is 0 Å². The maximum absolute atomic E-state index is 12.1. The standard InChI is InChI=1S/C13H15ClN2O4S/c14-10-5-4-9(21-10)13(19)20-7-11(17)16-6-2-1-3-8(16)12(15)18/h4-5,8H,1-3,6-7H2,(H2,15,18)/t8-/m1/s1. The number of hydrogen-bond acceptors (Lipinski definition) is 5. The van der Waals surface area contributed by atoms with Gasteiger partial charge in [0.25, 0.3) is 5.91 Å². The number of hydrogen-bond donors (Lipinski definition) is 1. The molecule has 1 aromatic rings. The Kier molecular flexibility index (Phi) is 5.19. The minimum Gasteiger partial charge on any atom is -0.451 e. The van der Waals surface area contributed by atoms with Crippen molar-refractivity contribution in [1.29, 1.82) is 0 Å². The summed E-state index contributed by atoms with van der Waals surface area (Å²) in [7, 11) is 0. The molecule has 6 nitrogen and oxygen atoms in total. The zero-order valence-corrected chi connectivity index (χ0v) is 12.8. The highest BCUT2D eigenvalue weighted by molar-refractivity contribution is 7.17. The minimum absolute atomic E-state index is 0.331. The van der Waals surface area contributed by atoms with Crippen LogP contribution in [0.3, 0.4) is 0 Å². The molecule has 8 heteroatoms. The highest BCUT2D eigenvalue weighted by Crippen LogP contribution is 2.22. The van der Waals surface area contributed by atoms with Crippen molar-refractivity contribution >= 4 is 40.7 Å². The summed E-state index contributed by atoms with van der Waals surface area (Å²) in [5.74, 6) is -1.54. The fraction of sp³-hybridized carbons (Fsp3) is 0.462. The molecule has 0 aromatic carbocycles. The molecule has 1 saturated heterocycles. The molecule has 1 aliphatic heterocycles. The van der Waals surface area contributed by atoms with Crippen molar-refractivity contribution in [3.05, 3.63) is 21.3 Å². The first-order chi connectivity index (χ1) is 9.99. The molecule has 2 amide bonds. The van der Waals surface area contributed by atoms with E-state index in [0.717, 1.165) is 24.2 Å². The summed E-state index contributed by atoms with van der Waals surface area (Å²) < 4.78 is 5.42. The quantitative estimate of drug-likeness (QED) is 0.845. The van der Waals surface area contributed by atoms with Crippen LogP contribution in [0, 0.1) is 0 Å². The molecule has 2 rings (SSSR count). The van der Waals surface area contributed by atoms with Crippen molar-refractivity contribution in [2.75, 3.05) is 13.2 Å². The summed E-state index contributed by atoms with van der Waals surface area (Å²) >= 11 is 6.81.